The SMILES string of the molecule is C[C@H]1C[C@H](C)CN(CCOCCOc2cccc(Oc3ccccc3)c2)C1. The first-order chi connectivity index (χ1) is 13.2. The highest BCUT2D eigenvalue weighted by atomic mass is 16.5. The van der Waals surface area contributed by atoms with E-state index in [1.807, 2.05) is 54.6 Å². The summed E-state index contributed by atoms with van der Waals surface area (Å²) in [6.07, 6.45) is 1.35. The van der Waals surface area contributed by atoms with Gasteiger partial charge in [0.25, 0.3) is 0 Å². The van der Waals surface area contributed by atoms with E-state index in [9.17, 15) is 0 Å². The fraction of sp³-hybridized carbons (Fsp3) is 0.478. The highest BCUT2D eigenvalue weighted by Crippen LogP contribution is 2.25. The van der Waals surface area contributed by atoms with Gasteiger partial charge in [0, 0.05) is 25.7 Å². The van der Waals surface area contributed by atoms with Gasteiger partial charge in [-0.25, -0.2) is 0 Å². The van der Waals surface area contributed by atoms with Crippen LogP contribution in [0.4, 0.5) is 0 Å². The summed E-state index contributed by atoms with van der Waals surface area (Å²) in [6.45, 7) is 9.98. The number of hydrogen-bond donors (Lipinski definition) is 0. The van der Waals surface area contributed by atoms with Crippen molar-refractivity contribution in [1.29, 1.82) is 0 Å². The second kappa shape index (κ2) is 10.3. The minimum absolute atomic E-state index is 0.543. The van der Waals surface area contributed by atoms with Crippen molar-refractivity contribution in [3.8, 4) is 17.2 Å². The molecule has 0 aliphatic carbocycles. The molecule has 3 rings (SSSR count). The van der Waals surface area contributed by atoms with Gasteiger partial charge < -0.3 is 19.1 Å². The zero-order valence-corrected chi connectivity index (χ0v) is 16.5. The molecule has 0 N–H and O–H groups in total. The van der Waals surface area contributed by atoms with Crippen molar-refractivity contribution in [2.45, 2.75) is 20.3 Å². The van der Waals surface area contributed by atoms with Gasteiger partial charge >= 0.3 is 0 Å². The van der Waals surface area contributed by atoms with E-state index in [-0.39, 0.29) is 0 Å². The molecule has 2 aromatic carbocycles. The van der Waals surface area contributed by atoms with Crippen molar-refractivity contribution in [3.63, 3.8) is 0 Å². The third-order valence-electron chi connectivity index (χ3n) is 4.78. The summed E-state index contributed by atoms with van der Waals surface area (Å²) >= 11 is 0. The predicted molar refractivity (Wildman–Crippen MR) is 109 cm³/mol. The molecule has 0 saturated carbocycles. The summed E-state index contributed by atoms with van der Waals surface area (Å²) < 4.78 is 17.4. The third kappa shape index (κ3) is 6.89. The number of piperidine rings is 1. The Morgan fingerprint density at radius 2 is 1.52 bits per heavy atom. The van der Waals surface area contributed by atoms with Crippen LogP contribution in [0.25, 0.3) is 0 Å². The van der Waals surface area contributed by atoms with E-state index in [4.69, 9.17) is 14.2 Å². The van der Waals surface area contributed by atoms with Crippen molar-refractivity contribution in [1.82, 2.24) is 4.90 Å². The van der Waals surface area contributed by atoms with Crippen molar-refractivity contribution in [3.05, 3.63) is 54.6 Å². The molecule has 2 atom stereocenters. The van der Waals surface area contributed by atoms with Crippen molar-refractivity contribution in [2.75, 3.05) is 39.5 Å². The van der Waals surface area contributed by atoms with E-state index in [1.54, 1.807) is 0 Å². The average molecular weight is 370 g/mol. The fourth-order valence-corrected chi connectivity index (χ4v) is 3.74. The molecule has 1 heterocycles. The number of para-hydroxylation sites is 1. The van der Waals surface area contributed by atoms with Crippen LogP contribution in [0.5, 0.6) is 17.2 Å². The molecule has 0 amide bonds. The lowest BCUT2D eigenvalue weighted by Gasteiger charge is -2.34. The van der Waals surface area contributed by atoms with E-state index < -0.39 is 0 Å². The Labute approximate surface area is 163 Å². The zero-order chi connectivity index (χ0) is 18.9. The Hall–Kier alpha value is -2.04. The molecule has 2 aromatic rings. The quantitative estimate of drug-likeness (QED) is 0.591. The smallest absolute Gasteiger partial charge is 0.131 e. The molecule has 1 saturated heterocycles. The topological polar surface area (TPSA) is 30.9 Å². The standard InChI is InChI=1S/C23H31NO3/c1-19-15-20(2)18-24(17-19)11-12-25-13-14-26-22-9-6-10-23(16-22)27-21-7-4-3-5-8-21/h3-10,16,19-20H,11-15,17-18H2,1-2H3/t19-,20-/m0/s1. The summed E-state index contributed by atoms with van der Waals surface area (Å²) in [5.74, 6) is 3.97. The van der Waals surface area contributed by atoms with Gasteiger partial charge in [-0.15, -0.1) is 0 Å². The summed E-state index contributed by atoms with van der Waals surface area (Å²) in [5.41, 5.74) is 0. The molecule has 0 radical (unpaired) electrons. The molecule has 4 heteroatoms. The van der Waals surface area contributed by atoms with Crippen LogP contribution in [0.3, 0.4) is 0 Å². The van der Waals surface area contributed by atoms with Gasteiger partial charge in [0.15, 0.2) is 0 Å². The van der Waals surface area contributed by atoms with Crippen molar-refractivity contribution >= 4 is 0 Å². The molecule has 1 aliphatic rings. The Balaban J connectivity index is 1.33. The molecule has 1 fully saturated rings. The number of rotatable bonds is 9. The summed E-state index contributed by atoms with van der Waals surface area (Å²) in [6, 6.07) is 17.5. The monoisotopic (exact) mass is 369 g/mol. The van der Waals surface area contributed by atoms with Crippen LogP contribution in [-0.4, -0.2) is 44.4 Å². The van der Waals surface area contributed by atoms with Crippen molar-refractivity contribution < 1.29 is 14.2 Å². The number of nitrogens with zero attached hydrogens (tertiary/aromatic N) is 1. The van der Waals surface area contributed by atoms with Gasteiger partial charge in [-0.05, 0) is 42.5 Å². The Kier molecular flexibility index (Phi) is 7.55. The predicted octanol–water partition coefficient (Wildman–Crippen LogP) is 4.85. The zero-order valence-electron chi connectivity index (χ0n) is 16.5. The molecule has 27 heavy (non-hydrogen) atoms. The van der Waals surface area contributed by atoms with Gasteiger partial charge in [0.1, 0.15) is 23.9 Å². The van der Waals surface area contributed by atoms with Crippen LogP contribution in [-0.2, 0) is 4.74 Å². The lowest BCUT2D eigenvalue weighted by Crippen LogP contribution is -2.40. The minimum atomic E-state index is 0.543. The highest BCUT2D eigenvalue weighted by Gasteiger charge is 2.21. The van der Waals surface area contributed by atoms with Gasteiger partial charge in [-0.1, -0.05) is 38.1 Å². The molecule has 0 aromatic heterocycles. The molecular weight excluding hydrogens is 338 g/mol. The van der Waals surface area contributed by atoms with Crippen molar-refractivity contribution in [2.24, 2.45) is 11.8 Å². The minimum Gasteiger partial charge on any atom is -0.491 e. The number of likely N-dealkylation sites (tertiary alicyclic amines) is 1. The second-order valence-electron chi connectivity index (χ2n) is 7.56. The molecule has 4 nitrogen and oxygen atoms in total. The maximum atomic E-state index is 5.83. The lowest BCUT2D eigenvalue weighted by atomic mass is 9.92. The normalized spacial score (nSPS) is 20.4. The maximum absolute atomic E-state index is 5.83. The average Bonchev–Trinajstić information content (AvgIpc) is 2.65. The molecule has 0 bridgehead atoms. The van der Waals surface area contributed by atoms with E-state index in [0.717, 1.165) is 42.2 Å². The molecule has 1 aliphatic heterocycles. The van der Waals surface area contributed by atoms with E-state index in [1.165, 1.54) is 19.5 Å². The van der Waals surface area contributed by atoms with Crippen LogP contribution in [0.2, 0.25) is 0 Å². The number of hydrogen-bond acceptors (Lipinski definition) is 4. The number of benzene rings is 2. The fourth-order valence-electron chi connectivity index (χ4n) is 3.74. The van der Waals surface area contributed by atoms with Gasteiger partial charge in [-0.3, -0.25) is 0 Å². The molecule has 0 spiro atoms. The van der Waals surface area contributed by atoms with Crippen LogP contribution in [0.1, 0.15) is 20.3 Å². The largest absolute Gasteiger partial charge is 0.491 e. The molecule has 0 unspecified atom stereocenters. The molecular formula is C23H31NO3. The van der Waals surface area contributed by atoms with Crippen LogP contribution in [0, 0.1) is 11.8 Å². The third-order valence-corrected chi connectivity index (χ3v) is 4.78. The first-order valence-corrected chi connectivity index (χ1v) is 9.95. The van der Waals surface area contributed by atoms with Crippen LogP contribution in [0.15, 0.2) is 54.6 Å². The Morgan fingerprint density at radius 1 is 0.815 bits per heavy atom. The highest BCUT2D eigenvalue weighted by molar-refractivity contribution is 5.36. The Bertz CT molecular complexity index is 666. The van der Waals surface area contributed by atoms with Crippen LogP contribution >= 0.6 is 0 Å². The van der Waals surface area contributed by atoms with E-state index in [0.29, 0.717) is 13.2 Å². The van der Waals surface area contributed by atoms with Gasteiger partial charge in [0.2, 0.25) is 0 Å². The summed E-state index contributed by atoms with van der Waals surface area (Å²) in [4.78, 5) is 2.52. The second-order valence-corrected chi connectivity index (χ2v) is 7.56. The maximum Gasteiger partial charge on any atom is 0.131 e. The summed E-state index contributed by atoms with van der Waals surface area (Å²) in [7, 11) is 0. The summed E-state index contributed by atoms with van der Waals surface area (Å²) in [5, 5.41) is 0. The first kappa shape index (κ1) is 19.7. The van der Waals surface area contributed by atoms with E-state index in [2.05, 4.69) is 18.7 Å². The van der Waals surface area contributed by atoms with E-state index >= 15 is 0 Å². The first-order valence-electron chi connectivity index (χ1n) is 9.95. The lowest BCUT2D eigenvalue weighted by molar-refractivity contribution is 0.0595. The van der Waals surface area contributed by atoms with Crippen LogP contribution < -0.4 is 9.47 Å². The number of ether oxygens (including phenoxy) is 3. The Morgan fingerprint density at radius 3 is 2.30 bits per heavy atom. The molecule has 146 valence electrons. The van der Waals surface area contributed by atoms with Gasteiger partial charge in [0.05, 0.1) is 13.2 Å². The van der Waals surface area contributed by atoms with Gasteiger partial charge in [-0.2, -0.15) is 0 Å².